The van der Waals surface area contributed by atoms with Crippen LogP contribution in [0.25, 0.3) is 0 Å². The highest BCUT2D eigenvalue weighted by Crippen LogP contribution is 2.20. The van der Waals surface area contributed by atoms with Gasteiger partial charge in [-0.1, -0.05) is 116 Å². The molecule has 0 bridgehead atoms. The molecule has 4 aromatic rings. The minimum Gasteiger partial charge on any atom is -0.478 e. The van der Waals surface area contributed by atoms with Gasteiger partial charge in [-0.3, -0.25) is 0 Å². The van der Waals surface area contributed by atoms with Gasteiger partial charge in [0.2, 0.25) is 0 Å². The third-order valence-corrected chi connectivity index (χ3v) is 6.40. The van der Waals surface area contributed by atoms with E-state index < -0.39 is 5.97 Å². The molecule has 4 rings (SSSR count). The number of benzene rings is 3. The second-order valence-corrected chi connectivity index (χ2v) is 11.4. The van der Waals surface area contributed by atoms with Crippen LogP contribution >= 0.6 is 0 Å². The van der Waals surface area contributed by atoms with Crippen molar-refractivity contribution in [3.8, 4) is 0 Å². The Morgan fingerprint density at radius 3 is 1.52 bits per heavy atom. The standard InChI is InChI=1S/C10H12O2.C10H14.C9H13N.C7H11N3/c1-7(2)8-3-5-9(6-4-8)10(11)12;1-8(2)10-6-4-9(3)5-7-10;1-7(2)8-5-3-4-6-9(8)10;1-5(2)7-9-4-3-6(8)10-7/h3-7H,1-2H3,(H,11,12);4-8H,1-3H3;3-7H,10H2,1-2H3;3-5H,1-2H3,(H2,8,9,10). The van der Waals surface area contributed by atoms with Gasteiger partial charge in [-0.2, -0.15) is 0 Å². The molecule has 0 unspecified atom stereocenters. The number of nitrogens with two attached hydrogens (primary N) is 2. The number of para-hydroxylation sites is 1. The van der Waals surface area contributed by atoms with Crippen LogP contribution in [-0.4, -0.2) is 21.0 Å². The van der Waals surface area contributed by atoms with Gasteiger partial charge in [-0.05, 0) is 65.6 Å². The van der Waals surface area contributed by atoms with Gasteiger partial charge in [-0.25, -0.2) is 14.8 Å². The van der Waals surface area contributed by atoms with E-state index >= 15 is 0 Å². The summed E-state index contributed by atoms with van der Waals surface area (Å²) in [5, 5.41) is 8.61. The molecule has 3 aromatic carbocycles. The maximum atomic E-state index is 10.5. The average molecular weight is 571 g/mol. The number of aromatic nitrogens is 2. The van der Waals surface area contributed by atoms with Gasteiger partial charge in [0.15, 0.2) is 0 Å². The van der Waals surface area contributed by atoms with Crippen LogP contribution in [0.5, 0.6) is 0 Å². The van der Waals surface area contributed by atoms with Crippen LogP contribution < -0.4 is 11.5 Å². The first kappa shape index (κ1) is 35.8. The van der Waals surface area contributed by atoms with E-state index in [0.29, 0.717) is 35.1 Å². The molecule has 0 saturated heterocycles. The Hall–Kier alpha value is -4.19. The van der Waals surface area contributed by atoms with Crippen LogP contribution in [-0.2, 0) is 0 Å². The normalized spacial score (nSPS) is 10.3. The molecule has 0 radical (unpaired) electrons. The highest BCUT2D eigenvalue weighted by atomic mass is 16.4. The monoisotopic (exact) mass is 570 g/mol. The highest BCUT2D eigenvalue weighted by Gasteiger charge is 2.03. The van der Waals surface area contributed by atoms with Gasteiger partial charge in [0.1, 0.15) is 11.6 Å². The number of rotatable bonds is 5. The van der Waals surface area contributed by atoms with Crippen molar-refractivity contribution in [2.45, 2.75) is 86.0 Å². The Balaban J connectivity index is 0.000000281. The van der Waals surface area contributed by atoms with E-state index in [1.807, 2.05) is 44.2 Å². The third kappa shape index (κ3) is 13.4. The SMILES string of the molecule is CC(C)c1ccc(C(=O)O)cc1.CC(C)c1ccccc1N.CC(C)c1nccc(N)n1.Cc1ccc(C(C)C)cc1. The van der Waals surface area contributed by atoms with Gasteiger partial charge < -0.3 is 16.6 Å². The van der Waals surface area contributed by atoms with Crippen molar-refractivity contribution in [1.29, 1.82) is 0 Å². The van der Waals surface area contributed by atoms with Crippen molar-refractivity contribution in [2.24, 2.45) is 0 Å². The fourth-order valence-corrected chi connectivity index (χ4v) is 3.67. The van der Waals surface area contributed by atoms with Gasteiger partial charge in [0.05, 0.1) is 5.56 Å². The zero-order valence-corrected chi connectivity index (χ0v) is 26.8. The van der Waals surface area contributed by atoms with E-state index in [0.717, 1.165) is 11.5 Å². The minimum atomic E-state index is -0.870. The van der Waals surface area contributed by atoms with Crippen LogP contribution in [0.4, 0.5) is 11.5 Å². The summed E-state index contributed by atoms with van der Waals surface area (Å²) >= 11 is 0. The zero-order valence-electron chi connectivity index (χ0n) is 26.8. The maximum Gasteiger partial charge on any atom is 0.335 e. The molecule has 0 aliphatic rings. The van der Waals surface area contributed by atoms with Gasteiger partial charge >= 0.3 is 5.97 Å². The number of anilines is 2. The molecule has 226 valence electrons. The molecule has 0 saturated carbocycles. The van der Waals surface area contributed by atoms with Crippen LogP contribution in [0.1, 0.15) is 117 Å². The van der Waals surface area contributed by atoms with E-state index in [1.54, 1.807) is 24.4 Å². The lowest BCUT2D eigenvalue weighted by molar-refractivity contribution is 0.0697. The molecule has 0 spiro atoms. The molecule has 1 aromatic heterocycles. The summed E-state index contributed by atoms with van der Waals surface area (Å²) in [6.45, 7) is 19.1. The first-order chi connectivity index (χ1) is 19.7. The number of carboxylic acid groups (broad SMARTS) is 1. The Bertz CT molecular complexity index is 1330. The van der Waals surface area contributed by atoms with Crippen LogP contribution in [0.2, 0.25) is 0 Å². The number of carbonyl (C=O) groups is 1. The Morgan fingerprint density at radius 2 is 1.17 bits per heavy atom. The summed E-state index contributed by atoms with van der Waals surface area (Å²) in [5.74, 6) is 2.46. The number of hydrogen-bond acceptors (Lipinski definition) is 5. The van der Waals surface area contributed by atoms with Crippen molar-refractivity contribution < 1.29 is 9.90 Å². The lowest BCUT2D eigenvalue weighted by Gasteiger charge is -2.07. The summed E-state index contributed by atoms with van der Waals surface area (Å²) in [6.07, 6.45) is 1.68. The summed E-state index contributed by atoms with van der Waals surface area (Å²) in [5.41, 5.74) is 17.6. The number of aromatic carboxylic acids is 1. The lowest BCUT2D eigenvalue weighted by Crippen LogP contribution is -1.99. The van der Waals surface area contributed by atoms with E-state index in [1.165, 1.54) is 22.3 Å². The molecule has 5 N–H and O–H groups in total. The first-order valence-electron chi connectivity index (χ1n) is 14.5. The average Bonchev–Trinajstić information content (AvgIpc) is 2.94. The summed E-state index contributed by atoms with van der Waals surface area (Å²) in [7, 11) is 0. The van der Waals surface area contributed by atoms with Crippen molar-refractivity contribution in [3.05, 3.63) is 119 Å². The lowest BCUT2D eigenvalue weighted by atomic mass is 10.0. The first-order valence-corrected chi connectivity index (χ1v) is 14.5. The molecule has 6 nitrogen and oxygen atoms in total. The second-order valence-electron chi connectivity index (χ2n) is 11.4. The number of hydrogen-bond donors (Lipinski definition) is 3. The van der Waals surface area contributed by atoms with E-state index in [9.17, 15) is 4.79 Å². The Labute approximate surface area is 253 Å². The van der Waals surface area contributed by atoms with Crippen molar-refractivity contribution >= 4 is 17.5 Å². The molecule has 6 heteroatoms. The molecule has 42 heavy (non-hydrogen) atoms. The predicted octanol–water partition coefficient (Wildman–Crippen LogP) is 9.20. The van der Waals surface area contributed by atoms with E-state index in [-0.39, 0.29) is 0 Å². The number of aryl methyl sites for hydroxylation is 1. The molecule has 0 aliphatic heterocycles. The van der Waals surface area contributed by atoms with Crippen molar-refractivity contribution in [2.75, 3.05) is 11.5 Å². The predicted molar refractivity (Wildman–Crippen MR) is 178 cm³/mol. The Morgan fingerprint density at radius 1 is 0.667 bits per heavy atom. The minimum absolute atomic E-state index is 0.347. The fraction of sp³-hybridized carbons (Fsp3) is 0.361. The molecule has 0 atom stereocenters. The second kappa shape index (κ2) is 18.3. The van der Waals surface area contributed by atoms with Gasteiger partial charge in [0.25, 0.3) is 0 Å². The van der Waals surface area contributed by atoms with Crippen LogP contribution in [0, 0.1) is 6.92 Å². The number of carboxylic acids is 1. The van der Waals surface area contributed by atoms with Gasteiger partial charge in [0, 0.05) is 17.8 Å². The summed E-state index contributed by atoms with van der Waals surface area (Å²) < 4.78 is 0. The molecule has 0 amide bonds. The van der Waals surface area contributed by atoms with Crippen molar-refractivity contribution in [1.82, 2.24) is 9.97 Å². The molecule has 0 aliphatic carbocycles. The van der Waals surface area contributed by atoms with Gasteiger partial charge in [-0.15, -0.1) is 0 Å². The third-order valence-electron chi connectivity index (χ3n) is 6.40. The molecular weight excluding hydrogens is 520 g/mol. The smallest absolute Gasteiger partial charge is 0.335 e. The molecule has 0 fully saturated rings. The van der Waals surface area contributed by atoms with E-state index in [2.05, 4.69) is 88.8 Å². The highest BCUT2D eigenvalue weighted by molar-refractivity contribution is 5.87. The largest absolute Gasteiger partial charge is 0.478 e. The zero-order chi connectivity index (χ0) is 31.8. The van der Waals surface area contributed by atoms with Crippen molar-refractivity contribution in [3.63, 3.8) is 0 Å². The summed E-state index contributed by atoms with van der Waals surface area (Å²) in [6, 6.07) is 25.4. The van der Waals surface area contributed by atoms with Crippen LogP contribution in [0.15, 0.2) is 85.1 Å². The topological polar surface area (TPSA) is 115 Å². The fourth-order valence-electron chi connectivity index (χ4n) is 3.67. The Kier molecular flexibility index (Phi) is 15.6. The quantitative estimate of drug-likeness (QED) is 0.206. The maximum absolute atomic E-state index is 10.5. The summed E-state index contributed by atoms with van der Waals surface area (Å²) in [4.78, 5) is 18.6. The molecular formula is C36H50N4O2. The van der Waals surface area contributed by atoms with Crippen LogP contribution in [0.3, 0.4) is 0 Å². The molecule has 1 heterocycles. The number of nitrogen functional groups attached to an aromatic ring is 2. The number of nitrogens with zero attached hydrogens (tertiary/aromatic N) is 2. The van der Waals surface area contributed by atoms with E-state index in [4.69, 9.17) is 16.6 Å².